The third-order valence-electron chi connectivity index (χ3n) is 13.0. The van der Waals surface area contributed by atoms with E-state index in [9.17, 15) is 0 Å². The van der Waals surface area contributed by atoms with Crippen LogP contribution >= 0.6 is 0 Å². The van der Waals surface area contributed by atoms with E-state index in [1.54, 1.807) is 0 Å². The molecule has 0 amide bonds. The Balaban J connectivity index is 1.06. The fraction of sp³-hybridized carbons (Fsp3) is 0. The van der Waals surface area contributed by atoms with Crippen LogP contribution in [0.25, 0.3) is 128 Å². The SMILES string of the molecule is c1ccc(-c2nc(-c3ccccc3)nc(-c3ccc(-c4c(-c5ccccc5)n5nc(-c6ccc7c8ccccc8c8ccccc8c7c6)c(-c6ccccc6)c5c5ccccc45)cc3)n2)cc1. The molecule has 10 aromatic carbocycles. The highest BCUT2D eigenvalue weighted by atomic mass is 15.2. The van der Waals surface area contributed by atoms with Crippen molar-refractivity contribution in [1.29, 1.82) is 0 Å². The van der Waals surface area contributed by atoms with Crippen molar-refractivity contribution < 1.29 is 0 Å². The lowest BCUT2D eigenvalue weighted by Gasteiger charge is -2.18. The zero-order chi connectivity index (χ0) is 44.3. The monoisotopic (exact) mass is 853 g/mol. The van der Waals surface area contributed by atoms with Crippen molar-refractivity contribution >= 4 is 48.6 Å². The van der Waals surface area contributed by atoms with Gasteiger partial charge in [0, 0.05) is 44.3 Å². The molecule has 5 heteroatoms. The van der Waals surface area contributed by atoms with Gasteiger partial charge in [-0.3, -0.25) is 0 Å². The molecule has 312 valence electrons. The van der Waals surface area contributed by atoms with E-state index < -0.39 is 0 Å². The summed E-state index contributed by atoms with van der Waals surface area (Å²) in [5.74, 6) is 1.88. The minimum atomic E-state index is 0.614. The molecule has 0 saturated heterocycles. The molecule has 0 aliphatic heterocycles. The summed E-state index contributed by atoms with van der Waals surface area (Å²) in [4.78, 5) is 15.0. The summed E-state index contributed by atoms with van der Waals surface area (Å²) in [7, 11) is 0. The number of rotatable bonds is 7. The zero-order valence-corrected chi connectivity index (χ0v) is 36.3. The van der Waals surface area contributed by atoms with E-state index in [1.807, 2.05) is 60.7 Å². The molecule has 0 spiro atoms. The van der Waals surface area contributed by atoms with Crippen molar-refractivity contribution in [3.63, 3.8) is 0 Å². The van der Waals surface area contributed by atoms with Crippen LogP contribution in [0, 0.1) is 0 Å². The molecule has 67 heavy (non-hydrogen) atoms. The molecule has 0 aliphatic carbocycles. The van der Waals surface area contributed by atoms with Crippen LogP contribution in [0.4, 0.5) is 0 Å². The van der Waals surface area contributed by atoms with Crippen LogP contribution in [0.3, 0.4) is 0 Å². The van der Waals surface area contributed by atoms with Crippen molar-refractivity contribution in [1.82, 2.24) is 24.6 Å². The average Bonchev–Trinajstić information content (AvgIpc) is 3.82. The van der Waals surface area contributed by atoms with E-state index in [0.29, 0.717) is 17.5 Å². The van der Waals surface area contributed by atoms with Gasteiger partial charge in [-0.15, -0.1) is 0 Å². The Hall–Kier alpha value is -9.06. The Morgan fingerprint density at radius 3 is 1.13 bits per heavy atom. The molecule has 0 radical (unpaired) electrons. The van der Waals surface area contributed by atoms with Crippen LogP contribution in [0.1, 0.15) is 0 Å². The Bertz CT molecular complexity index is 3900. The van der Waals surface area contributed by atoms with E-state index in [1.165, 1.54) is 32.3 Å². The third kappa shape index (κ3) is 6.47. The number of hydrogen-bond acceptors (Lipinski definition) is 4. The summed E-state index contributed by atoms with van der Waals surface area (Å²) >= 11 is 0. The van der Waals surface area contributed by atoms with Gasteiger partial charge >= 0.3 is 0 Å². The van der Waals surface area contributed by atoms with Gasteiger partial charge in [-0.25, -0.2) is 19.5 Å². The van der Waals surface area contributed by atoms with Gasteiger partial charge in [-0.05, 0) is 54.9 Å². The largest absolute Gasteiger partial charge is 0.231 e. The zero-order valence-electron chi connectivity index (χ0n) is 36.3. The van der Waals surface area contributed by atoms with Gasteiger partial charge in [0.25, 0.3) is 0 Å². The number of hydrogen-bond donors (Lipinski definition) is 0. The second kappa shape index (κ2) is 15.9. The van der Waals surface area contributed by atoms with Crippen molar-refractivity contribution in [2.75, 3.05) is 0 Å². The van der Waals surface area contributed by atoms with Gasteiger partial charge in [0.1, 0.15) is 5.69 Å². The van der Waals surface area contributed by atoms with Crippen LogP contribution in [0.15, 0.2) is 237 Å². The normalized spacial score (nSPS) is 11.6. The van der Waals surface area contributed by atoms with E-state index in [2.05, 4.69) is 180 Å². The first-order valence-corrected chi connectivity index (χ1v) is 22.6. The molecule has 3 aromatic heterocycles. The first kappa shape index (κ1) is 38.4. The molecule has 0 N–H and O–H groups in total. The van der Waals surface area contributed by atoms with Crippen LogP contribution in [-0.2, 0) is 0 Å². The number of benzene rings is 10. The maximum atomic E-state index is 5.75. The van der Waals surface area contributed by atoms with E-state index in [4.69, 9.17) is 20.1 Å². The van der Waals surface area contributed by atoms with Crippen LogP contribution in [0.2, 0.25) is 0 Å². The lowest BCUT2D eigenvalue weighted by molar-refractivity contribution is 0.981. The van der Waals surface area contributed by atoms with Gasteiger partial charge in [-0.1, -0.05) is 231 Å². The minimum Gasteiger partial charge on any atom is -0.231 e. The summed E-state index contributed by atoms with van der Waals surface area (Å²) < 4.78 is 2.21. The Morgan fingerprint density at radius 2 is 0.612 bits per heavy atom. The number of aromatic nitrogens is 5. The molecule has 3 heterocycles. The van der Waals surface area contributed by atoms with Gasteiger partial charge < -0.3 is 0 Å². The lowest BCUT2D eigenvalue weighted by Crippen LogP contribution is -2.01. The summed E-state index contributed by atoms with van der Waals surface area (Å²) in [5, 5.41) is 15.4. The van der Waals surface area contributed by atoms with E-state index in [-0.39, 0.29) is 0 Å². The third-order valence-corrected chi connectivity index (χ3v) is 13.0. The maximum Gasteiger partial charge on any atom is 0.164 e. The first-order chi connectivity index (χ1) is 33.2. The van der Waals surface area contributed by atoms with Crippen LogP contribution < -0.4 is 0 Å². The molecule has 13 rings (SSSR count). The van der Waals surface area contributed by atoms with Gasteiger partial charge in [0.05, 0.1) is 11.2 Å². The van der Waals surface area contributed by atoms with E-state index >= 15 is 0 Å². The number of nitrogens with zero attached hydrogens (tertiary/aromatic N) is 5. The fourth-order valence-corrected chi connectivity index (χ4v) is 9.98. The fourth-order valence-electron chi connectivity index (χ4n) is 9.98. The highest BCUT2D eigenvalue weighted by Crippen LogP contribution is 2.47. The predicted octanol–water partition coefficient (Wildman–Crippen LogP) is 15.8. The second-order valence-corrected chi connectivity index (χ2v) is 17.0. The molecular weight excluding hydrogens is 815 g/mol. The number of fused-ring (bicyclic) bond motifs is 9. The summed E-state index contributed by atoms with van der Waals surface area (Å²) in [5.41, 5.74) is 12.3. The minimum absolute atomic E-state index is 0.614. The molecule has 0 bridgehead atoms. The molecule has 13 aromatic rings. The smallest absolute Gasteiger partial charge is 0.164 e. The summed E-state index contributed by atoms with van der Waals surface area (Å²) in [6.07, 6.45) is 0. The molecule has 0 saturated carbocycles. The topological polar surface area (TPSA) is 56.0 Å². The highest BCUT2D eigenvalue weighted by Gasteiger charge is 2.26. The van der Waals surface area contributed by atoms with Crippen LogP contribution in [-0.4, -0.2) is 24.6 Å². The Kier molecular flexibility index (Phi) is 9.10. The molecule has 0 aliphatic rings. The first-order valence-electron chi connectivity index (χ1n) is 22.6. The van der Waals surface area contributed by atoms with Crippen molar-refractivity contribution in [3.8, 4) is 78.9 Å². The van der Waals surface area contributed by atoms with E-state index in [0.717, 1.165) is 77.7 Å². The Morgan fingerprint density at radius 1 is 0.254 bits per heavy atom. The number of pyridine rings is 1. The standard InChI is InChI=1S/C62H39N5/c1-5-19-40(20-6-1)56-57(46-37-38-51-49-29-14-13-27-47(49)48-28-15-16-30-50(48)54(51)39-46)66-67-58(42-21-7-2-8-22-42)55(52-31-17-18-32-53(52)59(56)67)41-33-35-45(36-34-41)62-64-60(43-23-9-3-10-24-43)63-61(65-62)44-25-11-4-12-26-44/h1-39H. The van der Waals surface area contributed by atoms with Crippen LogP contribution in [0.5, 0.6) is 0 Å². The molecule has 0 atom stereocenters. The molecular formula is C62H39N5. The lowest BCUT2D eigenvalue weighted by atomic mass is 9.90. The van der Waals surface area contributed by atoms with Crippen molar-refractivity contribution in [3.05, 3.63) is 237 Å². The average molecular weight is 854 g/mol. The Labute approximate surface area is 387 Å². The molecule has 0 unspecified atom stereocenters. The van der Waals surface area contributed by atoms with Crippen molar-refractivity contribution in [2.45, 2.75) is 0 Å². The quantitative estimate of drug-likeness (QED) is 0.150. The highest BCUT2D eigenvalue weighted by molar-refractivity contribution is 6.26. The maximum absolute atomic E-state index is 5.75. The van der Waals surface area contributed by atoms with Gasteiger partial charge in [0.2, 0.25) is 0 Å². The van der Waals surface area contributed by atoms with Crippen molar-refractivity contribution in [2.24, 2.45) is 0 Å². The second-order valence-electron chi connectivity index (χ2n) is 17.0. The molecule has 5 nitrogen and oxygen atoms in total. The molecule has 0 fully saturated rings. The summed E-state index contributed by atoms with van der Waals surface area (Å²) in [6.45, 7) is 0. The predicted molar refractivity (Wildman–Crippen MR) is 277 cm³/mol. The van der Waals surface area contributed by atoms with Gasteiger partial charge in [-0.2, -0.15) is 5.10 Å². The van der Waals surface area contributed by atoms with Gasteiger partial charge in [0.15, 0.2) is 17.5 Å². The summed E-state index contributed by atoms with van der Waals surface area (Å²) in [6, 6.07) is 83.5.